The van der Waals surface area contributed by atoms with Crippen molar-refractivity contribution in [2.45, 2.75) is 31.8 Å². The Hall–Kier alpha value is -4.51. The number of pyridine rings is 1. The average Bonchev–Trinajstić information content (AvgIpc) is 3.42. The summed E-state index contributed by atoms with van der Waals surface area (Å²) in [6.45, 7) is 0. The molecule has 0 atom stereocenters. The number of aromatic nitrogens is 1. The summed E-state index contributed by atoms with van der Waals surface area (Å²) in [5.74, 6) is 2.09. The van der Waals surface area contributed by atoms with Gasteiger partial charge in [-0.1, -0.05) is 12.1 Å². The highest BCUT2D eigenvalue weighted by molar-refractivity contribution is 6.04. The van der Waals surface area contributed by atoms with E-state index in [4.69, 9.17) is 19.5 Å². The molecule has 1 aliphatic carbocycles. The van der Waals surface area contributed by atoms with Crippen molar-refractivity contribution in [3.05, 3.63) is 71.9 Å². The molecule has 8 heteroatoms. The van der Waals surface area contributed by atoms with E-state index in [0.717, 1.165) is 31.2 Å². The molecular weight excluding hydrogens is 456 g/mol. The highest BCUT2D eigenvalue weighted by Gasteiger charge is 2.20. The molecule has 1 aromatic heterocycles. The Morgan fingerprint density at radius 2 is 1.92 bits per heavy atom. The number of nitrogens with one attached hydrogen (secondary N) is 2. The number of hydrogen-bond donors (Lipinski definition) is 2. The molecule has 0 saturated heterocycles. The van der Waals surface area contributed by atoms with Gasteiger partial charge in [-0.25, -0.2) is 4.98 Å². The van der Waals surface area contributed by atoms with Gasteiger partial charge in [-0.05, 0) is 62.1 Å². The number of amides is 1. The number of benzene rings is 2. The van der Waals surface area contributed by atoms with Gasteiger partial charge in [0, 0.05) is 23.9 Å². The van der Waals surface area contributed by atoms with Crippen molar-refractivity contribution in [3.63, 3.8) is 0 Å². The van der Waals surface area contributed by atoms with Crippen molar-refractivity contribution in [2.75, 3.05) is 24.9 Å². The second-order valence-corrected chi connectivity index (χ2v) is 8.31. The van der Waals surface area contributed by atoms with E-state index in [9.17, 15) is 4.79 Å². The molecule has 1 amide bonds. The number of hydrogen-bond acceptors (Lipinski definition) is 7. The molecule has 8 nitrogen and oxygen atoms in total. The molecule has 36 heavy (non-hydrogen) atoms. The van der Waals surface area contributed by atoms with E-state index in [1.807, 2.05) is 24.3 Å². The van der Waals surface area contributed by atoms with Crippen LogP contribution >= 0.6 is 0 Å². The van der Waals surface area contributed by atoms with E-state index in [0.29, 0.717) is 40.0 Å². The summed E-state index contributed by atoms with van der Waals surface area (Å²) in [5.41, 5.74) is 2.37. The Kier molecular flexibility index (Phi) is 8.04. The van der Waals surface area contributed by atoms with Crippen LogP contribution < -0.4 is 24.8 Å². The molecule has 1 fully saturated rings. The Morgan fingerprint density at radius 3 is 2.61 bits per heavy atom. The third kappa shape index (κ3) is 6.13. The lowest BCUT2D eigenvalue weighted by Crippen LogP contribution is -2.13. The third-order valence-electron chi connectivity index (χ3n) is 5.87. The number of anilines is 3. The molecular formula is C28H28N4O4. The summed E-state index contributed by atoms with van der Waals surface area (Å²) in [4.78, 5) is 17.1. The first-order valence-electron chi connectivity index (χ1n) is 11.7. The molecule has 1 heterocycles. The van der Waals surface area contributed by atoms with E-state index in [-0.39, 0.29) is 12.0 Å². The second-order valence-electron chi connectivity index (χ2n) is 8.31. The van der Waals surface area contributed by atoms with Crippen molar-refractivity contribution in [1.29, 1.82) is 5.26 Å². The van der Waals surface area contributed by atoms with Gasteiger partial charge in [-0.2, -0.15) is 5.26 Å². The lowest BCUT2D eigenvalue weighted by atomic mass is 10.1. The van der Waals surface area contributed by atoms with Gasteiger partial charge in [-0.15, -0.1) is 0 Å². The van der Waals surface area contributed by atoms with Crippen molar-refractivity contribution in [2.24, 2.45) is 0 Å². The van der Waals surface area contributed by atoms with Crippen LogP contribution in [-0.2, 0) is 4.79 Å². The van der Waals surface area contributed by atoms with E-state index in [1.165, 1.54) is 12.3 Å². The number of ether oxygens (including phenoxy) is 3. The van der Waals surface area contributed by atoms with Crippen LogP contribution in [0.4, 0.5) is 17.2 Å². The molecule has 0 aliphatic heterocycles. The maximum absolute atomic E-state index is 12.9. The maximum atomic E-state index is 12.9. The van der Waals surface area contributed by atoms with Gasteiger partial charge in [0.1, 0.15) is 17.6 Å². The molecule has 3 aromatic rings. The van der Waals surface area contributed by atoms with E-state index in [1.54, 1.807) is 50.6 Å². The maximum Gasteiger partial charge on any atom is 0.248 e. The van der Waals surface area contributed by atoms with Crippen LogP contribution in [0.1, 0.15) is 36.8 Å². The average molecular weight is 485 g/mol. The van der Waals surface area contributed by atoms with Crippen LogP contribution in [0.5, 0.6) is 17.2 Å². The first-order valence-corrected chi connectivity index (χ1v) is 11.7. The lowest BCUT2D eigenvalue weighted by molar-refractivity contribution is -0.111. The van der Waals surface area contributed by atoms with Crippen LogP contribution in [0.2, 0.25) is 0 Å². The SMILES string of the molecule is COc1ccc(Nc2ccc(C#N)cn2)c(NC(=O)C=Cc2cccc(OC)c2OC2CCCC2)c1. The molecule has 0 radical (unpaired) electrons. The monoisotopic (exact) mass is 484 g/mol. The number of carbonyl (C=O) groups is 1. The molecule has 0 spiro atoms. The van der Waals surface area contributed by atoms with Crippen LogP contribution in [0.25, 0.3) is 6.08 Å². The number of para-hydroxylation sites is 1. The van der Waals surface area contributed by atoms with Gasteiger partial charge in [0.05, 0.1) is 37.3 Å². The minimum atomic E-state index is -0.325. The number of carbonyl (C=O) groups excluding carboxylic acids is 1. The van der Waals surface area contributed by atoms with Gasteiger partial charge in [0.25, 0.3) is 0 Å². The zero-order chi connectivity index (χ0) is 25.3. The molecule has 1 aliphatic rings. The summed E-state index contributed by atoms with van der Waals surface area (Å²) < 4.78 is 17.1. The predicted molar refractivity (Wildman–Crippen MR) is 139 cm³/mol. The second kappa shape index (κ2) is 11.8. The van der Waals surface area contributed by atoms with Crippen LogP contribution in [0.15, 0.2) is 60.8 Å². The first kappa shape index (κ1) is 24.6. The minimum absolute atomic E-state index is 0.156. The molecule has 2 aromatic carbocycles. The Balaban J connectivity index is 1.53. The normalized spacial score (nSPS) is 13.2. The molecule has 2 N–H and O–H groups in total. The standard InChI is InChI=1S/C28H28N4O4/c1-34-22-12-13-23(31-26-14-10-19(17-29)18-30-26)24(16-22)32-27(33)15-11-20-6-5-9-25(35-2)28(20)36-21-7-3-4-8-21/h5-6,9-16,18,21H,3-4,7-8H2,1-2H3,(H,30,31)(H,32,33). The summed E-state index contributed by atoms with van der Waals surface area (Å²) in [6, 6.07) is 16.3. The molecule has 4 rings (SSSR count). The molecule has 0 unspecified atom stereocenters. The van der Waals surface area contributed by atoms with Gasteiger partial charge in [0.15, 0.2) is 11.5 Å². The first-order chi connectivity index (χ1) is 17.6. The summed E-state index contributed by atoms with van der Waals surface area (Å²) in [5, 5.41) is 15.0. The van der Waals surface area contributed by atoms with E-state index >= 15 is 0 Å². The Bertz CT molecular complexity index is 1280. The Labute approximate surface area is 210 Å². The highest BCUT2D eigenvalue weighted by Crippen LogP contribution is 2.36. The van der Waals surface area contributed by atoms with Gasteiger partial charge < -0.3 is 24.8 Å². The number of rotatable bonds is 9. The summed E-state index contributed by atoms with van der Waals surface area (Å²) >= 11 is 0. The Morgan fingerprint density at radius 1 is 1.08 bits per heavy atom. The zero-order valence-corrected chi connectivity index (χ0v) is 20.3. The highest BCUT2D eigenvalue weighted by atomic mass is 16.5. The molecule has 184 valence electrons. The summed E-state index contributed by atoms with van der Waals surface area (Å²) in [6.07, 6.45) is 9.15. The fourth-order valence-electron chi connectivity index (χ4n) is 4.00. The van der Waals surface area contributed by atoms with Crippen LogP contribution in [-0.4, -0.2) is 31.2 Å². The van der Waals surface area contributed by atoms with Crippen LogP contribution in [0, 0.1) is 11.3 Å². The molecule has 0 bridgehead atoms. The topological polar surface area (TPSA) is 106 Å². The van der Waals surface area contributed by atoms with Crippen molar-refractivity contribution >= 4 is 29.2 Å². The van der Waals surface area contributed by atoms with Gasteiger partial charge >= 0.3 is 0 Å². The minimum Gasteiger partial charge on any atom is -0.497 e. The van der Waals surface area contributed by atoms with Crippen LogP contribution in [0.3, 0.4) is 0 Å². The predicted octanol–water partition coefficient (Wildman–Crippen LogP) is 5.69. The number of nitrogens with zero attached hydrogens (tertiary/aromatic N) is 2. The lowest BCUT2D eigenvalue weighted by Gasteiger charge is -2.18. The van der Waals surface area contributed by atoms with E-state index < -0.39 is 0 Å². The zero-order valence-electron chi connectivity index (χ0n) is 20.3. The van der Waals surface area contributed by atoms with E-state index in [2.05, 4.69) is 15.6 Å². The smallest absolute Gasteiger partial charge is 0.248 e. The van der Waals surface area contributed by atoms with Crippen molar-refractivity contribution in [3.8, 4) is 23.3 Å². The van der Waals surface area contributed by atoms with Gasteiger partial charge in [-0.3, -0.25) is 4.79 Å². The fourth-order valence-corrected chi connectivity index (χ4v) is 4.00. The fraction of sp³-hybridized carbons (Fsp3) is 0.250. The third-order valence-corrected chi connectivity index (χ3v) is 5.87. The largest absolute Gasteiger partial charge is 0.497 e. The van der Waals surface area contributed by atoms with Crippen molar-refractivity contribution in [1.82, 2.24) is 4.98 Å². The molecule has 1 saturated carbocycles. The quantitative estimate of drug-likeness (QED) is 0.376. The number of nitriles is 1. The summed E-state index contributed by atoms with van der Waals surface area (Å²) in [7, 11) is 3.17. The van der Waals surface area contributed by atoms with Crippen molar-refractivity contribution < 1.29 is 19.0 Å². The number of methoxy groups -OCH3 is 2. The van der Waals surface area contributed by atoms with Gasteiger partial charge in [0.2, 0.25) is 5.91 Å².